The zero-order valence-electron chi connectivity index (χ0n) is 20.2. The first-order chi connectivity index (χ1) is 17.0. The molecule has 4 heterocycles. The number of rotatable bonds is 9. The summed E-state index contributed by atoms with van der Waals surface area (Å²) in [5.74, 6) is 1.19. The van der Waals surface area contributed by atoms with Crippen molar-refractivity contribution in [3.8, 4) is 0 Å². The Morgan fingerprint density at radius 3 is 2.80 bits per heavy atom. The molecule has 1 N–H and O–H groups in total. The number of hydrogen-bond acceptors (Lipinski definition) is 8. The van der Waals surface area contributed by atoms with E-state index < -0.39 is 0 Å². The number of nitrogens with one attached hydrogen (secondary N) is 1. The molecule has 1 aliphatic heterocycles. The zero-order valence-corrected chi connectivity index (χ0v) is 22.6. The van der Waals surface area contributed by atoms with E-state index in [1.165, 1.54) is 22.2 Å². The molecule has 0 radical (unpaired) electrons. The van der Waals surface area contributed by atoms with Gasteiger partial charge >= 0.3 is 0 Å². The van der Waals surface area contributed by atoms with Gasteiger partial charge < -0.3 is 10.1 Å². The molecule has 184 valence electrons. The average molecular weight is 528 g/mol. The van der Waals surface area contributed by atoms with Gasteiger partial charge in [0.2, 0.25) is 5.91 Å². The van der Waals surface area contributed by atoms with Crippen molar-refractivity contribution in [3.05, 3.63) is 46.3 Å². The second-order valence-corrected chi connectivity index (χ2v) is 12.0. The summed E-state index contributed by atoms with van der Waals surface area (Å²) in [5, 5.41) is 14.8. The number of benzene rings is 1. The maximum Gasteiger partial charge on any atom is 0.230 e. The van der Waals surface area contributed by atoms with Gasteiger partial charge in [0.1, 0.15) is 4.83 Å². The molecular weight excluding hydrogens is 499 g/mol. The lowest BCUT2D eigenvalue weighted by Gasteiger charge is -2.33. The zero-order chi connectivity index (χ0) is 24.4. The van der Waals surface area contributed by atoms with E-state index in [1.807, 2.05) is 34.7 Å². The third-order valence-electron chi connectivity index (χ3n) is 6.27. The fourth-order valence-corrected chi connectivity index (χ4v) is 6.93. The number of carbonyl (C=O) groups is 1. The fourth-order valence-electron chi connectivity index (χ4n) is 4.11. The minimum atomic E-state index is -0.179. The molecule has 0 aliphatic carbocycles. The first kappa shape index (κ1) is 24.5. The highest BCUT2D eigenvalue weighted by atomic mass is 32.2. The van der Waals surface area contributed by atoms with Crippen LogP contribution >= 0.6 is 34.9 Å². The summed E-state index contributed by atoms with van der Waals surface area (Å²) in [6.45, 7) is 7.63. The highest BCUT2D eigenvalue weighted by Crippen LogP contribution is 2.42. The minimum Gasteiger partial charge on any atom is -0.369 e. The van der Waals surface area contributed by atoms with Crippen molar-refractivity contribution in [2.75, 3.05) is 11.5 Å². The largest absolute Gasteiger partial charge is 0.369 e. The molecule has 0 saturated heterocycles. The lowest BCUT2D eigenvalue weighted by atomic mass is 9.90. The smallest absolute Gasteiger partial charge is 0.230 e. The Kier molecular flexibility index (Phi) is 7.34. The van der Waals surface area contributed by atoms with Gasteiger partial charge in [0, 0.05) is 23.6 Å². The minimum absolute atomic E-state index is 0.0313. The van der Waals surface area contributed by atoms with Crippen LogP contribution in [-0.4, -0.2) is 42.6 Å². The molecule has 0 spiro atoms. The number of fused-ring (bicyclic) bond motifs is 5. The van der Waals surface area contributed by atoms with Crippen LogP contribution in [0.2, 0.25) is 0 Å². The number of thiophene rings is 1. The average Bonchev–Trinajstić information content (AvgIpc) is 3.46. The molecule has 5 rings (SSSR count). The van der Waals surface area contributed by atoms with Gasteiger partial charge in [-0.2, -0.15) is 0 Å². The number of hydrogen-bond donors (Lipinski definition) is 1. The Morgan fingerprint density at radius 2 is 2.03 bits per heavy atom. The number of carbonyl (C=O) groups excluding carboxylic acids is 1. The summed E-state index contributed by atoms with van der Waals surface area (Å²) in [7, 11) is 0. The Hall–Kier alpha value is -2.14. The van der Waals surface area contributed by atoms with Gasteiger partial charge in [-0.3, -0.25) is 4.79 Å². The number of thioether (sulfide) groups is 2. The predicted octanol–water partition coefficient (Wildman–Crippen LogP) is 5.49. The van der Waals surface area contributed by atoms with Gasteiger partial charge in [-0.15, -0.1) is 21.5 Å². The molecule has 0 bridgehead atoms. The van der Waals surface area contributed by atoms with Gasteiger partial charge in [-0.1, -0.05) is 67.7 Å². The third-order valence-corrected chi connectivity index (χ3v) is 9.44. The third kappa shape index (κ3) is 5.07. The summed E-state index contributed by atoms with van der Waals surface area (Å²) in [4.78, 5) is 19.8. The first-order valence-corrected chi connectivity index (χ1v) is 14.7. The monoisotopic (exact) mass is 527 g/mol. The topological polar surface area (TPSA) is 81.4 Å². The van der Waals surface area contributed by atoms with Crippen LogP contribution in [0.3, 0.4) is 0 Å². The van der Waals surface area contributed by atoms with Crippen LogP contribution in [-0.2, 0) is 29.1 Å². The standard InChI is InChI=1S/C25H29N5O2S3/c1-4-11-33-23-27-22-20(17-12-25(3,5-2)32-14-18(17)35-22)21-28-29-24(30(21)23)34-15-19(31)26-13-16-9-7-6-8-10-16/h6-10H,4-5,11-15H2,1-3H3,(H,26,31)/t25-/m1/s1. The van der Waals surface area contributed by atoms with Crippen molar-refractivity contribution in [3.63, 3.8) is 0 Å². The molecule has 0 saturated carbocycles. The lowest BCUT2D eigenvalue weighted by molar-refractivity contribution is -0.118. The van der Waals surface area contributed by atoms with Crippen molar-refractivity contribution < 1.29 is 9.53 Å². The maximum absolute atomic E-state index is 12.5. The van der Waals surface area contributed by atoms with Crippen LogP contribution in [0.15, 0.2) is 40.6 Å². The van der Waals surface area contributed by atoms with Crippen LogP contribution in [0.4, 0.5) is 0 Å². The number of nitrogens with zero attached hydrogens (tertiary/aromatic N) is 4. The number of aromatic nitrogens is 4. The van der Waals surface area contributed by atoms with Gasteiger partial charge in [-0.25, -0.2) is 9.38 Å². The normalized spacial score (nSPS) is 17.7. The predicted molar refractivity (Wildman–Crippen MR) is 143 cm³/mol. The van der Waals surface area contributed by atoms with Crippen LogP contribution in [0.25, 0.3) is 15.9 Å². The van der Waals surface area contributed by atoms with Crippen molar-refractivity contribution in [1.82, 2.24) is 24.9 Å². The van der Waals surface area contributed by atoms with Gasteiger partial charge in [-0.05, 0) is 30.9 Å². The van der Waals surface area contributed by atoms with Crippen molar-refractivity contribution in [2.45, 2.75) is 69.1 Å². The summed E-state index contributed by atoms with van der Waals surface area (Å²) in [5.41, 5.74) is 3.02. The second-order valence-electron chi connectivity index (χ2n) is 8.89. The molecule has 0 fully saturated rings. The van der Waals surface area contributed by atoms with E-state index >= 15 is 0 Å². The molecule has 1 amide bonds. The summed E-state index contributed by atoms with van der Waals surface area (Å²) in [6, 6.07) is 9.92. The maximum atomic E-state index is 12.5. The Morgan fingerprint density at radius 1 is 1.20 bits per heavy atom. The summed E-state index contributed by atoms with van der Waals surface area (Å²) in [6.07, 6.45) is 2.83. The molecular formula is C25H29N5O2S3. The van der Waals surface area contributed by atoms with Crippen molar-refractivity contribution in [2.24, 2.45) is 0 Å². The SMILES string of the molecule is CCCSc1nc2sc3c(c2c2nnc(SCC(=O)NCc4ccccc4)n12)C[C@@](C)(CC)OC3. The van der Waals surface area contributed by atoms with Gasteiger partial charge in [0.15, 0.2) is 16.0 Å². The molecule has 0 unspecified atom stereocenters. The van der Waals surface area contributed by atoms with Crippen molar-refractivity contribution >= 4 is 56.6 Å². The molecule has 1 aliphatic rings. The molecule has 3 aromatic heterocycles. The van der Waals surface area contributed by atoms with Gasteiger partial charge in [0.05, 0.1) is 23.3 Å². The molecule has 4 aromatic rings. The molecule has 35 heavy (non-hydrogen) atoms. The molecule has 1 aromatic carbocycles. The lowest BCUT2D eigenvalue weighted by Crippen LogP contribution is -2.33. The second kappa shape index (κ2) is 10.5. The van der Waals surface area contributed by atoms with Gasteiger partial charge in [0.25, 0.3) is 0 Å². The summed E-state index contributed by atoms with van der Waals surface area (Å²) < 4.78 is 8.23. The quantitative estimate of drug-likeness (QED) is 0.228. The van der Waals surface area contributed by atoms with Crippen LogP contribution in [0.5, 0.6) is 0 Å². The highest BCUT2D eigenvalue weighted by Gasteiger charge is 2.33. The Bertz CT molecular complexity index is 1350. The van der Waals surface area contributed by atoms with Crippen LogP contribution < -0.4 is 5.32 Å². The molecule has 10 heteroatoms. The van der Waals surface area contributed by atoms with E-state index in [-0.39, 0.29) is 17.3 Å². The number of ether oxygens (including phenoxy) is 1. The first-order valence-electron chi connectivity index (χ1n) is 11.9. The molecule has 1 atom stereocenters. The fraction of sp³-hybridized carbons (Fsp3) is 0.440. The van der Waals surface area contributed by atoms with E-state index in [9.17, 15) is 4.79 Å². The van der Waals surface area contributed by atoms with E-state index in [1.54, 1.807) is 23.1 Å². The Balaban J connectivity index is 1.45. The molecule has 7 nitrogen and oxygen atoms in total. The summed E-state index contributed by atoms with van der Waals surface area (Å²) >= 11 is 4.82. The van der Waals surface area contributed by atoms with E-state index in [0.29, 0.717) is 18.3 Å². The van der Waals surface area contributed by atoms with E-state index in [2.05, 4.69) is 36.3 Å². The van der Waals surface area contributed by atoms with E-state index in [0.717, 1.165) is 51.6 Å². The van der Waals surface area contributed by atoms with Crippen LogP contribution in [0, 0.1) is 0 Å². The highest BCUT2D eigenvalue weighted by molar-refractivity contribution is 8.00. The van der Waals surface area contributed by atoms with E-state index in [4.69, 9.17) is 9.72 Å². The Labute approximate surface area is 217 Å². The number of amides is 1. The van der Waals surface area contributed by atoms with Crippen molar-refractivity contribution in [1.29, 1.82) is 0 Å². The van der Waals surface area contributed by atoms with Crippen LogP contribution in [0.1, 0.15) is 49.6 Å².